The van der Waals surface area contributed by atoms with Gasteiger partial charge < -0.3 is 14.7 Å². The molecule has 2 saturated heterocycles. The van der Waals surface area contributed by atoms with Gasteiger partial charge in [-0.1, -0.05) is 12.1 Å². The fourth-order valence-electron chi connectivity index (χ4n) is 4.72. The lowest BCUT2D eigenvalue weighted by molar-refractivity contribution is -0.00713. The largest absolute Gasteiger partial charge is 0.385 e. The van der Waals surface area contributed by atoms with Crippen LogP contribution in [0.5, 0.6) is 0 Å². The van der Waals surface area contributed by atoms with Gasteiger partial charge in [0.15, 0.2) is 0 Å². The van der Waals surface area contributed by atoms with Crippen molar-refractivity contribution < 1.29 is 14.2 Å². The molecule has 120 valence electrons. The molecule has 0 spiro atoms. The third-order valence-electron chi connectivity index (χ3n) is 5.91. The van der Waals surface area contributed by atoms with Crippen LogP contribution >= 0.6 is 0 Å². The van der Waals surface area contributed by atoms with Gasteiger partial charge in [0.1, 0.15) is 5.82 Å². The second-order valence-corrected chi connectivity index (χ2v) is 7.28. The van der Waals surface area contributed by atoms with Crippen LogP contribution < -0.4 is 0 Å². The maximum absolute atomic E-state index is 13.2. The molecule has 0 radical (unpaired) electrons. The molecule has 1 saturated carbocycles. The Morgan fingerprint density at radius 1 is 1.23 bits per heavy atom. The van der Waals surface area contributed by atoms with Gasteiger partial charge in [-0.05, 0) is 48.8 Å². The molecule has 1 N–H and O–H groups in total. The zero-order valence-corrected chi connectivity index (χ0v) is 12.9. The molecule has 3 aliphatic rings. The maximum Gasteiger partial charge on any atom is 0.123 e. The van der Waals surface area contributed by atoms with Gasteiger partial charge in [-0.15, -0.1) is 0 Å². The van der Waals surface area contributed by atoms with Gasteiger partial charge in [0.2, 0.25) is 0 Å². The first-order valence-corrected chi connectivity index (χ1v) is 8.44. The third kappa shape index (κ3) is 2.47. The quantitative estimate of drug-likeness (QED) is 0.931. The Balaban J connectivity index is 1.48. The van der Waals surface area contributed by atoms with Crippen LogP contribution in [0.15, 0.2) is 24.3 Å². The van der Waals surface area contributed by atoms with E-state index in [2.05, 4.69) is 4.90 Å². The Morgan fingerprint density at radius 3 is 2.77 bits per heavy atom. The minimum absolute atomic E-state index is 0.240. The average Bonchev–Trinajstić information content (AvgIpc) is 3.21. The Labute approximate surface area is 131 Å². The number of likely N-dealkylation sites (tertiary alicyclic amines) is 1. The number of halogens is 1. The van der Waals surface area contributed by atoms with Crippen molar-refractivity contribution in [3.05, 3.63) is 35.6 Å². The zero-order chi connectivity index (χ0) is 15.2. The Hall–Kier alpha value is -0.970. The first-order valence-electron chi connectivity index (χ1n) is 8.44. The van der Waals surface area contributed by atoms with E-state index >= 15 is 0 Å². The van der Waals surface area contributed by atoms with Crippen molar-refractivity contribution in [3.63, 3.8) is 0 Å². The second-order valence-electron chi connectivity index (χ2n) is 7.28. The Bertz CT molecular complexity index is 528. The molecule has 4 atom stereocenters. The van der Waals surface area contributed by atoms with E-state index in [0.717, 1.165) is 57.7 Å². The lowest BCUT2D eigenvalue weighted by Gasteiger charge is -2.31. The highest BCUT2D eigenvalue weighted by Crippen LogP contribution is 2.50. The van der Waals surface area contributed by atoms with E-state index in [1.807, 2.05) is 0 Å². The van der Waals surface area contributed by atoms with Crippen molar-refractivity contribution in [3.8, 4) is 0 Å². The number of hydrogen-bond acceptors (Lipinski definition) is 3. The summed E-state index contributed by atoms with van der Waals surface area (Å²) in [5.41, 5.74) is 0.103. The molecule has 1 aromatic carbocycles. The fraction of sp³-hybridized carbons (Fsp3) is 0.667. The molecule has 4 rings (SSSR count). The first kappa shape index (κ1) is 14.6. The highest BCUT2D eigenvalue weighted by Gasteiger charge is 2.52. The van der Waals surface area contributed by atoms with Gasteiger partial charge in [0.25, 0.3) is 0 Å². The van der Waals surface area contributed by atoms with Crippen molar-refractivity contribution in [2.75, 3.05) is 32.8 Å². The van der Waals surface area contributed by atoms with E-state index in [9.17, 15) is 9.50 Å². The van der Waals surface area contributed by atoms with E-state index in [-0.39, 0.29) is 11.7 Å². The predicted molar refractivity (Wildman–Crippen MR) is 81.9 cm³/mol. The number of ether oxygens (including phenoxy) is 1. The number of nitrogens with zero attached hydrogens (tertiary/aromatic N) is 1. The minimum Gasteiger partial charge on any atom is -0.385 e. The number of benzene rings is 1. The van der Waals surface area contributed by atoms with Gasteiger partial charge in [-0.2, -0.15) is 0 Å². The van der Waals surface area contributed by atoms with Gasteiger partial charge in [0, 0.05) is 32.2 Å². The monoisotopic (exact) mass is 305 g/mol. The van der Waals surface area contributed by atoms with Crippen molar-refractivity contribution in [2.24, 2.45) is 17.8 Å². The van der Waals surface area contributed by atoms with Crippen LogP contribution in [0.4, 0.5) is 4.39 Å². The topological polar surface area (TPSA) is 32.7 Å². The summed E-state index contributed by atoms with van der Waals surface area (Å²) in [6.45, 7) is 4.91. The third-order valence-corrected chi connectivity index (χ3v) is 5.91. The molecule has 0 bridgehead atoms. The van der Waals surface area contributed by atoms with Crippen molar-refractivity contribution >= 4 is 0 Å². The van der Waals surface area contributed by atoms with Crippen LogP contribution in [0, 0.1) is 23.6 Å². The molecule has 0 aromatic heterocycles. The minimum atomic E-state index is -0.778. The van der Waals surface area contributed by atoms with Crippen LogP contribution in [0.1, 0.15) is 24.8 Å². The molecule has 22 heavy (non-hydrogen) atoms. The SMILES string of the molecule is OC1(c2ccc(F)cc2)CCC2CN(CC3CCOC3)CC21. The summed E-state index contributed by atoms with van der Waals surface area (Å²) >= 11 is 0. The lowest BCUT2D eigenvalue weighted by Crippen LogP contribution is -2.36. The van der Waals surface area contributed by atoms with Crippen LogP contribution in [0.3, 0.4) is 0 Å². The van der Waals surface area contributed by atoms with E-state index in [1.54, 1.807) is 12.1 Å². The fourth-order valence-corrected chi connectivity index (χ4v) is 4.72. The predicted octanol–water partition coefficient (Wildman–Crippen LogP) is 2.39. The van der Waals surface area contributed by atoms with Crippen LogP contribution in [0.25, 0.3) is 0 Å². The van der Waals surface area contributed by atoms with E-state index in [0.29, 0.717) is 11.8 Å². The molecule has 1 aromatic rings. The van der Waals surface area contributed by atoms with Gasteiger partial charge >= 0.3 is 0 Å². The zero-order valence-electron chi connectivity index (χ0n) is 12.9. The first-order chi connectivity index (χ1) is 10.6. The second kappa shape index (κ2) is 5.59. The molecular formula is C18H24FNO2. The van der Waals surface area contributed by atoms with Crippen LogP contribution in [-0.4, -0.2) is 42.9 Å². The summed E-state index contributed by atoms with van der Waals surface area (Å²) in [7, 11) is 0. The smallest absolute Gasteiger partial charge is 0.123 e. The molecule has 2 heterocycles. The Kier molecular flexibility index (Phi) is 3.71. The van der Waals surface area contributed by atoms with Crippen LogP contribution in [0.2, 0.25) is 0 Å². The molecule has 4 heteroatoms. The van der Waals surface area contributed by atoms with E-state index in [1.165, 1.54) is 12.1 Å². The normalized spacial score (nSPS) is 38.5. The summed E-state index contributed by atoms with van der Waals surface area (Å²) in [6.07, 6.45) is 3.03. The number of hydrogen-bond donors (Lipinski definition) is 1. The van der Waals surface area contributed by atoms with Gasteiger partial charge in [0.05, 0.1) is 12.2 Å². The van der Waals surface area contributed by atoms with Gasteiger partial charge in [-0.3, -0.25) is 0 Å². The molecule has 4 unspecified atom stereocenters. The number of rotatable bonds is 3. The molecular weight excluding hydrogens is 281 g/mol. The molecule has 3 fully saturated rings. The summed E-state index contributed by atoms with van der Waals surface area (Å²) < 4.78 is 18.6. The highest BCUT2D eigenvalue weighted by molar-refractivity contribution is 5.27. The summed E-state index contributed by atoms with van der Waals surface area (Å²) in [5.74, 6) is 1.26. The summed E-state index contributed by atoms with van der Waals surface area (Å²) in [5, 5.41) is 11.2. The van der Waals surface area contributed by atoms with Gasteiger partial charge in [-0.25, -0.2) is 4.39 Å². The number of aliphatic hydroxyl groups is 1. The standard InChI is InChI=1S/C18H24FNO2/c19-16-3-1-15(2-4-16)18(21)7-5-14-10-20(11-17(14)18)9-13-6-8-22-12-13/h1-4,13-14,17,21H,5-12H2. The van der Waals surface area contributed by atoms with Crippen molar-refractivity contribution in [1.82, 2.24) is 4.90 Å². The molecule has 2 aliphatic heterocycles. The molecule has 0 amide bonds. The highest BCUT2D eigenvalue weighted by atomic mass is 19.1. The summed E-state index contributed by atoms with van der Waals surface area (Å²) in [4.78, 5) is 2.50. The van der Waals surface area contributed by atoms with E-state index < -0.39 is 5.60 Å². The van der Waals surface area contributed by atoms with Crippen molar-refractivity contribution in [2.45, 2.75) is 24.9 Å². The molecule has 1 aliphatic carbocycles. The average molecular weight is 305 g/mol. The van der Waals surface area contributed by atoms with Crippen LogP contribution in [-0.2, 0) is 10.3 Å². The molecule has 3 nitrogen and oxygen atoms in total. The number of fused-ring (bicyclic) bond motifs is 1. The van der Waals surface area contributed by atoms with E-state index in [4.69, 9.17) is 4.74 Å². The lowest BCUT2D eigenvalue weighted by atomic mass is 9.82. The Morgan fingerprint density at radius 2 is 2.05 bits per heavy atom. The maximum atomic E-state index is 13.2. The van der Waals surface area contributed by atoms with Crippen molar-refractivity contribution in [1.29, 1.82) is 0 Å². The summed E-state index contributed by atoms with van der Waals surface area (Å²) in [6, 6.07) is 6.43.